The fraction of sp³-hybridized carbons (Fsp3) is 0.417. The molecule has 0 amide bonds. The van der Waals surface area contributed by atoms with Gasteiger partial charge in [0.2, 0.25) is 0 Å². The summed E-state index contributed by atoms with van der Waals surface area (Å²) in [5, 5.41) is 0. The molecule has 0 heterocycles. The van der Waals surface area contributed by atoms with Gasteiger partial charge in [0.15, 0.2) is 0 Å². The second kappa shape index (κ2) is 4.36. The molecule has 1 aromatic rings. The highest BCUT2D eigenvalue weighted by Crippen LogP contribution is 2.19. The Balaban J connectivity index is 2.54. The first-order valence-electron chi connectivity index (χ1n) is 4.74. The Hall–Kier alpha value is -1.18. The third-order valence-corrected chi connectivity index (χ3v) is 2.29. The quantitative estimate of drug-likeness (QED) is 0.673. The lowest BCUT2D eigenvalue weighted by molar-refractivity contribution is -0.114. The Morgan fingerprint density at radius 3 is 2.36 bits per heavy atom. The Labute approximate surface area is 83.9 Å². The van der Waals surface area contributed by atoms with Gasteiger partial charge in [-0.25, -0.2) is 4.39 Å². The van der Waals surface area contributed by atoms with Gasteiger partial charge in [-0.05, 0) is 30.5 Å². The zero-order valence-electron chi connectivity index (χ0n) is 8.59. The van der Waals surface area contributed by atoms with Crippen LogP contribution in [0.3, 0.4) is 0 Å². The van der Waals surface area contributed by atoms with Gasteiger partial charge < -0.3 is 4.79 Å². The van der Waals surface area contributed by atoms with Gasteiger partial charge >= 0.3 is 0 Å². The van der Waals surface area contributed by atoms with Gasteiger partial charge in [-0.2, -0.15) is 0 Å². The number of aryl methyl sites for hydroxylation is 1. The number of halogens is 1. The van der Waals surface area contributed by atoms with Crippen LogP contribution in [-0.4, -0.2) is 6.29 Å². The summed E-state index contributed by atoms with van der Waals surface area (Å²) in [6, 6.07) is 6.42. The van der Waals surface area contributed by atoms with Gasteiger partial charge in [0.1, 0.15) is 12.1 Å². The summed E-state index contributed by atoms with van der Waals surface area (Å²) < 4.78 is 12.6. The van der Waals surface area contributed by atoms with Crippen molar-refractivity contribution in [2.75, 3.05) is 0 Å². The van der Waals surface area contributed by atoms with E-state index in [1.54, 1.807) is 12.1 Å². The summed E-state index contributed by atoms with van der Waals surface area (Å²) in [6.07, 6.45) is 2.57. The third-order valence-electron chi connectivity index (χ3n) is 2.29. The van der Waals surface area contributed by atoms with Crippen molar-refractivity contribution in [1.82, 2.24) is 0 Å². The van der Waals surface area contributed by atoms with Crippen molar-refractivity contribution in [1.29, 1.82) is 0 Å². The number of aldehydes is 1. The van der Waals surface area contributed by atoms with Crippen molar-refractivity contribution in [3.8, 4) is 0 Å². The first-order chi connectivity index (χ1) is 6.53. The summed E-state index contributed by atoms with van der Waals surface area (Å²) in [5.74, 6) is -0.219. The summed E-state index contributed by atoms with van der Waals surface area (Å²) in [6.45, 7) is 3.81. The summed E-state index contributed by atoms with van der Waals surface area (Å²) in [7, 11) is 0. The second-order valence-electron chi connectivity index (χ2n) is 4.23. The van der Waals surface area contributed by atoms with Crippen LogP contribution >= 0.6 is 0 Å². The van der Waals surface area contributed by atoms with Crippen LogP contribution in [0.5, 0.6) is 0 Å². The minimum absolute atomic E-state index is 0.219. The van der Waals surface area contributed by atoms with Gasteiger partial charge in [-0.15, -0.1) is 0 Å². The van der Waals surface area contributed by atoms with E-state index in [1.807, 2.05) is 13.8 Å². The van der Waals surface area contributed by atoms with Crippen molar-refractivity contribution >= 4 is 6.29 Å². The van der Waals surface area contributed by atoms with E-state index in [-0.39, 0.29) is 11.2 Å². The SMILES string of the molecule is CC(C)(C=O)CCc1ccc(F)cc1. The third kappa shape index (κ3) is 3.29. The molecule has 0 aliphatic carbocycles. The summed E-state index contributed by atoms with van der Waals surface area (Å²) >= 11 is 0. The zero-order chi connectivity index (χ0) is 10.6. The van der Waals surface area contributed by atoms with E-state index in [4.69, 9.17) is 0 Å². The molecule has 0 atom stereocenters. The van der Waals surface area contributed by atoms with Gasteiger partial charge in [0, 0.05) is 5.41 Å². The molecule has 14 heavy (non-hydrogen) atoms. The molecule has 1 nitrogen and oxygen atoms in total. The van der Waals surface area contributed by atoms with E-state index in [9.17, 15) is 9.18 Å². The molecule has 2 heteroatoms. The van der Waals surface area contributed by atoms with Crippen LogP contribution < -0.4 is 0 Å². The van der Waals surface area contributed by atoms with Crippen LogP contribution in [0.4, 0.5) is 4.39 Å². The molecule has 0 N–H and O–H groups in total. The van der Waals surface area contributed by atoms with E-state index in [0.29, 0.717) is 0 Å². The van der Waals surface area contributed by atoms with Crippen molar-refractivity contribution in [2.45, 2.75) is 26.7 Å². The van der Waals surface area contributed by atoms with E-state index in [2.05, 4.69) is 0 Å². The molecule has 0 fully saturated rings. The molecule has 0 aliphatic rings. The minimum Gasteiger partial charge on any atom is -0.303 e. The smallest absolute Gasteiger partial charge is 0.125 e. The first-order valence-corrected chi connectivity index (χ1v) is 4.74. The lowest BCUT2D eigenvalue weighted by atomic mass is 9.88. The fourth-order valence-corrected chi connectivity index (χ4v) is 1.18. The number of hydrogen-bond acceptors (Lipinski definition) is 1. The molecule has 0 bridgehead atoms. The molecule has 1 aromatic carbocycles. The normalized spacial score (nSPS) is 11.4. The van der Waals surface area contributed by atoms with Crippen molar-refractivity contribution < 1.29 is 9.18 Å². The maximum Gasteiger partial charge on any atom is 0.125 e. The number of hydrogen-bond donors (Lipinski definition) is 0. The molecule has 76 valence electrons. The van der Waals surface area contributed by atoms with Crippen molar-refractivity contribution in [2.24, 2.45) is 5.41 Å². The topological polar surface area (TPSA) is 17.1 Å². The lowest BCUT2D eigenvalue weighted by Gasteiger charge is -2.15. The minimum atomic E-state index is -0.283. The van der Waals surface area contributed by atoms with Crippen LogP contribution in [0.25, 0.3) is 0 Å². The molecular formula is C12H15FO. The van der Waals surface area contributed by atoms with Gasteiger partial charge in [0.05, 0.1) is 0 Å². The van der Waals surface area contributed by atoms with Gasteiger partial charge in [-0.1, -0.05) is 26.0 Å². The fourth-order valence-electron chi connectivity index (χ4n) is 1.18. The number of rotatable bonds is 4. The van der Waals surface area contributed by atoms with Gasteiger partial charge in [0.25, 0.3) is 0 Å². The molecule has 0 aromatic heterocycles. The standard InChI is InChI=1S/C12H15FO/c1-12(2,9-14)8-7-10-3-5-11(13)6-4-10/h3-6,9H,7-8H2,1-2H3. The Morgan fingerprint density at radius 1 is 1.29 bits per heavy atom. The van der Waals surface area contributed by atoms with Crippen LogP contribution in [0.1, 0.15) is 25.8 Å². The average Bonchev–Trinajstić information content (AvgIpc) is 2.17. The number of carbonyl (C=O) groups excluding carboxylic acids is 1. The molecule has 0 spiro atoms. The lowest BCUT2D eigenvalue weighted by Crippen LogP contribution is -2.13. The van der Waals surface area contributed by atoms with Crippen molar-refractivity contribution in [3.05, 3.63) is 35.6 Å². The highest BCUT2D eigenvalue weighted by molar-refractivity contribution is 5.57. The zero-order valence-corrected chi connectivity index (χ0v) is 8.59. The molecule has 0 radical (unpaired) electrons. The summed E-state index contributed by atoms with van der Waals surface area (Å²) in [5.41, 5.74) is 0.787. The molecule has 1 rings (SSSR count). The largest absolute Gasteiger partial charge is 0.303 e. The Kier molecular flexibility index (Phi) is 3.39. The summed E-state index contributed by atoms with van der Waals surface area (Å²) in [4.78, 5) is 10.6. The molecular weight excluding hydrogens is 179 g/mol. The average molecular weight is 194 g/mol. The van der Waals surface area contributed by atoms with Crippen LogP contribution in [-0.2, 0) is 11.2 Å². The van der Waals surface area contributed by atoms with Crippen molar-refractivity contribution in [3.63, 3.8) is 0 Å². The first kappa shape index (κ1) is 10.9. The molecule has 0 saturated heterocycles. The van der Waals surface area contributed by atoms with E-state index in [0.717, 1.165) is 24.7 Å². The van der Waals surface area contributed by atoms with Gasteiger partial charge in [-0.3, -0.25) is 0 Å². The van der Waals surface area contributed by atoms with Crippen LogP contribution in [0.15, 0.2) is 24.3 Å². The van der Waals surface area contributed by atoms with E-state index < -0.39 is 0 Å². The second-order valence-corrected chi connectivity index (χ2v) is 4.23. The molecule has 0 aliphatic heterocycles. The Morgan fingerprint density at radius 2 is 1.86 bits per heavy atom. The maximum absolute atomic E-state index is 12.6. The Bertz CT molecular complexity index is 301. The maximum atomic E-state index is 12.6. The van der Waals surface area contributed by atoms with E-state index in [1.165, 1.54) is 12.1 Å². The number of carbonyl (C=O) groups is 1. The molecule has 0 unspecified atom stereocenters. The number of benzene rings is 1. The predicted octanol–water partition coefficient (Wildman–Crippen LogP) is 2.98. The highest BCUT2D eigenvalue weighted by atomic mass is 19.1. The van der Waals surface area contributed by atoms with E-state index >= 15 is 0 Å². The highest BCUT2D eigenvalue weighted by Gasteiger charge is 2.15. The van der Waals surface area contributed by atoms with Crippen LogP contribution in [0, 0.1) is 11.2 Å². The monoisotopic (exact) mass is 194 g/mol. The predicted molar refractivity (Wildman–Crippen MR) is 54.6 cm³/mol. The van der Waals surface area contributed by atoms with Crippen LogP contribution in [0.2, 0.25) is 0 Å². The molecule has 0 saturated carbocycles.